The van der Waals surface area contributed by atoms with Gasteiger partial charge in [-0.25, -0.2) is 0 Å². The molecule has 0 spiro atoms. The topological polar surface area (TPSA) is 35.5 Å². The van der Waals surface area contributed by atoms with Crippen molar-refractivity contribution in [1.82, 2.24) is 0 Å². The van der Waals surface area contributed by atoms with E-state index >= 15 is 0 Å². The third kappa shape index (κ3) is 2.65. The van der Waals surface area contributed by atoms with Crippen LogP contribution in [0.5, 0.6) is 5.75 Å². The number of carbonyl (C=O) groups is 1. The van der Waals surface area contributed by atoms with Crippen LogP contribution < -0.4 is 4.74 Å². The summed E-state index contributed by atoms with van der Waals surface area (Å²) in [6.07, 6.45) is 4.13. The zero-order valence-electron chi connectivity index (χ0n) is 11.8. The highest BCUT2D eigenvalue weighted by atomic mass is 16.5. The van der Waals surface area contributed by atoms with E-state index in [0.29, 0.717) is 0 Å². The molecule has 102 valence electrons. The van der Waals surface area contributed by atoms with Gasteiger partial charge >= 0.3 is 5.97 Å². The van der Waals surface area contributed by atoms with E-state index in [1.165, 1.54) is 7.11 Å². The summed E-state index contributed by atoms with van der Waals surface area (Å²) in [6.45, 7) is 4.18. The molecule has 0 heterocycles. The predicted octanol–water partition coefficient (Wildman–Crippen LogP) is 3.15. The quantitative estimate of drug-likeness (QED) is 0.780. The van der Waals surface area contributed by atoms with Gasteiger partial charge in [-0.05, 0) is 29.0 Å². The Morgan fingerprint density at radius 3 is 2.68 bits per heavy atom. The molecule has 0 radical (unpaired) electrons. The van der Waals surface area contributed by atoms with E-state index in [1.807, 2.05) is 30.3 Å². The van der Waals surface area contributed by atoms with E-state index in [-0.39, 0.29) is 23.2 Å². The Hall–Kier alpha value is -1.77. The lowest BCUT2D eigenvalue weighted by Gasteiger charge is -2.00. The first-order chi connectivity index (χ1) is 9.00. The van der Waals surface area contributed by atoms with E-state index in [0.717, 1.165) is 11.3 Å². The zero-order chi connectivity index (χ0) is 14.0. The molecule has 0 saturated heterocycles. The Morgan fingerprint density at radius 1 is 1.32 bits per heavy atom. The van der Waals surface area contributed by atoms with Crippen molar-refractivity contribution < 1.29 is 14.3 Å². The van der Waals surface area contributed by atoms with Gasteiger partial charge in [-0.15, -0.1) is 0 Å². The van der Waals surface area contributed by atoms with Crippen LogP contribution in [0.1, 0.15) is 19.4 Å². The van der Waals surface area contributed by atoms with Gasteiger partial charge in [-0.1, -0.05) is 38.1 Å². The number of hydrogen-bond acceptors (Lipinski definition) is 3. The van der Waals surface area contributed by atoms with Gasteiger partial charge in [0.15, 0.2) is 0 Å². The van der Waals surface area contributed by atoms with Crippen molar-refractivity contribution in [3.05, 3.63) is 35.9 Å². The van der Waals surface area contributed by atoms with Gasteiger partial charge in [-0.2, -0.15) is 0 Å². The summed E-state index contributed by atoms with van der Waals surface area (Å²) >= 11 is 0. The molecule has 1 aromatic carbocycles. The van der Waals surface area contributed by atoms with E-state index in [4.69, 9.17) is 9.47 Å². The normalized spacial score (nSPS) is 24.2. The van der Waals surface area contributed by atoms with Crippen molar-refractivity contribution in [3.63, 3.8) is 0 Å². The number of ether oxygens (including phenoxy) is 2. The molecule has 2 atom stereocenters. The second kappa shape index (κ2) is 5.08. The first kappa shape index (κ1) is 13.7. The lowest BCUT2D eigenvalue weighted by molar-refractivity contribution is -0.143. The minimum absolute atomic E-state index is 0.0114. The zero-order valence-corrected chi connectivity index (χ0v) is 11.8. The molecule has 0 aliphatic heterocycles. The Balaban J connectivity index is 2.09. The fourth-order valence-electron chi connectivity index (χ4n) is 2.57. The molecule has 0 N–H and O–H groups in total. The smallest absolute Gasteiger partial charge is 0.309 e. The molecular weight excluding hydrogens is 240 g/mol. The first-order valence-corrected chi connectivity index (χ1v) is 6.40. The lowest BCUT2D eigenvalue weighted by atomic mass is 10.1. The molecule has 3 heteroatoms. The summed E-state index contributed by atoms with van der Waals surface area (Å²) in [7, 11) is 3.10. The summed E-state index contributed by atoms with van der Waals surface area (Å²) in [4.78, 5) is 11.6. The number of esters is 1. The van der Waals surface area contributed by atoms with E-state index in [1.54, 1.807) is 7.11 Å². The maximum atomic E-state index is 11.6. The maximum absolute atomic E-state index is 11.6. The van der Waals surface area contributed by atoms with Gasteiger partial charge in [-0.3, -0.25) is 4.79 Å². The van der Waals surface area contributed by atoms with Crippen LogP contribution in [0.3, 0.4) is 0 Å². The van der Waals surface area contributed by atoms with Crippen LogP contribution in [0.2, 0.25) is 0 Å². The maximum Gasteiger partial charge on any atom is 0.309 e. The minimum atomic E-state index is -0.120. The Labute approximate surface area is 114 Å². The minimum Gasteiger partial charge on any atom is -0.497 e. The van der Waals surface area contributed by atoms with Crippen LogP contribution in [0.25, 0.3) is 6.08 Å². The van der Waals surface area contributed by atoms with Crippen LogP contribution in [0, 0.1) is 17.3 Å². The Kier molecular flexibility index (Phi) is 3.65. The molecule has 1 aliphatic rings. The second-order valence-electron chi connectivity index (χ2n) is 5.48. The van der Waals surface area contributed by atoms with Crippen molar-refractivity contribution in [1.29, 1.82) is 0 Å². The molecule has 1 fully saturated rings. The fraction of sp³-hybridized carbons (Fsp3) is 0.438. The predicted molar refractivity (Wildman–Crippen MR) is 74.8 cm³/mol. The van der Waals surface area contributed by atoms with E-state index < -0.39 is 0 Å². The third-order valence-electron chi connectivity index (χ3n) is 3.96. The van der Waals surface area contributed by atoms with Gasteiger partial charge in [0.05, 0.1) is 20.1 Å². The molecular formula is C16H20O3. The SMILES string of the molecule is COC(=O)[C@H]1[C@H](C=Cc2cccc(OC)c2)C1(C)C. The molecule has 0 aromatic heterocycles. The summed E-state index contributed by atoms with van der Waals surface area (Å²) in [5.41, 5.74) is 1.06. The molecule has 19 heavy (non-hydrogen) atoms. The Bertz CT molecular complexity index is 502. The van der Waals surface area contributed by atoms with Gasteiger partial charge in [0.1, 0.15) is 5.75 Å². The van der Waals surface area contributed by atoms with Gasteiger partial charge < -0.3 is 9.47 Å². The lowest BCUT2D eigenvalue weighted by Crippen LogP contribution is -2.07. The summed E-state index contributed by atoms with van der Waals surface area (Å²) < 4.78 is 10.0. The first-order valence-electron chi connectivity index (χ1n) is 6.40. The van der Waals surface area contributed by atoms with Crippen LogP contribution in [0.15, 0.2) is 30.3 Å². The monoisotopic (exact) mass is 260 g/mol. The Morgan fingerprint density at radius 2 is 2.05 bits per heavy atom. The van der Waals surface area contributed by atoms with Crippen molar-refractivity contribution >= 4 is 12.0 Å². The third-order valence-corrected chi connectivity index (χ3v) is 3.96. The molecule has 1 saturated carbocycles. The molecule has 3 nitrogen and oxygen atoms in total. The molecule has 0 unspecified atom stereocenters. The van der Waals surface area contributed by atoms with Gasteiger partial charge in [0.2, 0.25) is 0 Å². The highest BCUT2D eigenvalue weighted by Crippen LogP contribution is 2.59. The number of hydrogen-bond donors (Lipinski definition) is 0. The van der Waals surface area contributed by atoms with Crippen molar-refractivity contribution in [2.24, 2.45) is 17.3 Å². The van der Waals surface area contributed by atoms with E-state index in [2.05, 4.69) is 19.9 Å². The number of rotatable bonds is 4. The molecule has 1 aliphatic carbocycles. The number of methoxy groups -OCH3 is 2. The highest BCUT2D eigenvalue weighted by Gasteiger charge is 2.61. The van der Waals surface area contributed by atoms with Crippen LogP contribution in [-0.2, 0) is 9.53 Å². The average molecular weight is 260 g/mol. The fourth-order valence-corrected chi connectivity index (χ4v) is 2.57. The standard InChI is InChI=1S/C16H20O3/c1-16(2)13(14(16)15(17)19-4)9-8-11-6-5-7-12(10-11)18-3/h5-10,13-14H,1-4H3/t13-,14+/m0/s1. The van der Waals surface area contributed by atoms with Crippen molar-refractivity contribution in [2.45, 2.75) is 13.8 Å². The van der Waals surface area contributed by atoms with Crippen LogP contribution >= 0.6 is 0 Å². The molecule has 2 rings (SSSR count). The van der Waals surface area contributed by atoms with Crippen molar-refractivity contribution in [2.75, 3.05) is 14.2 Å². The average Bonchev–Trinajstić information content (AvgIpc) is 2.97. The number of carbonyl (C=O) groups excluding carboxylic acids is 1. The summed E-state index contributed by atoms with van der Waals surface area (Å²) in [6, 6.07) is 7.85. The molecule has 0 amide bonds. The summed E-state index contributed by atoms with van der Waals surface area (Å²) in [5, 5.41) is 0. The van der Waals surface area contributed by atoms with Crippen molar-refractivity contribution in [3.8, 4) is 5.75 Å². The molecule has 1 aromatic rings. The second-order valence-corrected chi connectivity index (χ2v) is 5.48. The number of benzene rings is 1. The van der Waals surface area contributed by atoms with Crippen LogP contribution in [-0.4, -0.2) is 20.2 Å². The van der Waals surface area contributed by atoms with E-state index in [9.17, 15) is 4.79 Å². The van der Waals surface area contributed by atoms with Gasteiger partial charge in [0, 0.05) is 0 Å². The molecule has 0 bridgehead atoms. The largest absolute Gasteiger partial charge is 0.497 e. The highest BCUT2D eigenvalue weighted by molar-refractivity contribution is 5.78. The van der Waals surface area contributed by atoms with Gasteiger partial charge in [0.25, 0.3) is 0 Å². The number of allylic oxidation sites excluding steroid dienone is 1. The van der Waals surface area contributed by atoms with Crippen LogP contribution in [0.4, 0.5) is 0 Å². The summed E-state index contributed by atoms with van der Waals surface area (Å²) in [5.74, 6) is 0.928.